The zero-order chi connectivity index (χ0) is 20.7. The zero-order valence-corrected chi connectivity index (χ0v) is 17.1. The average molecular weight is 381 g/mol. The van der Waals surface area contributed by atoms with Crippen molar-refractivity contribution in [2.75, 3.05) is 19.5 Å². The molecule has 2 aromatic rings. The van der Waals surface area contributed by atoms with E-state index >= 15 is 0 Å². The minimum absolute atomic E-state index is 0.0394. The highest BCUT2D eigenvalue weighted by Crippen LogP contribution is 2.26. The summed E-state index contributed by atoms with van der Waals surface area (Å²) in [5.74, 6) is 0.629. The molecule has 0 saturated carbocycles. The number of nitriles is 1. The van der Waals surface area contributed by atoms with E-state index in [1.165, 1.54) is 14.2 Å². The van der Waals surface area contributed by atoms with Gasteiger partial charge in [0.15, 0.2) is 0 Å². The summed E-state index contributed by atoms with van der Waals surface area (Å²) in [6.45, 7) is 7.13. The summed E-state index contributed by atoms with van der Waals surface area (Å²) < 4.78 is 12.6. The number of hydrogen-bond acceptors (Lipinski definition) is 4. The van der Waals surface area contributed by atoms with Crippen molar-refractivity contribution in [2.45, 2.75) is 40.2 Å². The Morgan fingerprint density at radius 1 is 1.18 bits per heavy atom. The molecule has 1 heterocycles. The van der Waals surface area contributed by atoms with E-state index < -0.39 is 5.91 Å². The third kappa shape index (κ3) is 4.95. The van der Waals surface area contributed by atoms with E-state index in [0.717, 1.165) is 36.3 Å². The maximum Gasteiger partial charge on any atom is 0.266 e. The molecule has 1 amide bonds. The Morgan fingerprint density at radius 3 is 2.36 bits per heavy atom. The molecule has 148 valence electrons. The van der Waals surface area contributed by atoms with Crippen molar-refractivity contribution in [3.63, 3.8) is 0 Å². The van der Waals surface area contributed by atoms with Gasteiger partial charge in [0.05, 0.1) is 14.2 Å². The van der Waals surface area contributed by atoms with Crippen LogP contribution in [0.15, 0.2) is 29.8 Å². The molecule has 0 aliphatic heterocycles. The summed E-state index contributed by atoms with van der Waals surface area (Å²) in [4.78, 5) is 12.6. The van der Waals surface area contributed by atoms with Gasteiger partial charge in [-0.15, -0.1) is 0 Å². The summed E-state index contributed by atoms with van der Waals surface area (Å²) in [5, 5.41) is 12.3. The molecule has 1 aromatic carbocycles. The van der Waals surface area contributed by atoms with E-state index in [-0.39, 0.29) is 5.57 Å². The molecule has 6 nitrogen and oxygen atoms in total. The molecule has 6 heteroatoms. The molecule has 0 aliphatic carbocycles. The van der Waals surface area contributed by atoms with Gasteiger partial charge in [-0.3, -0.25) is 4.79 Å². The number of carbonyl (C=O) groups is 1. The second-order valence-corrected chi connectivity index (χ2v) is 6.56. The van der Waals surface area contributed by atoms with Crippen LogP contribution >= 0.6 is 0 Å². The quantitative estimate of drug-likeness (QED) is 0.541. The number of ether oxygens (including phenoxy) is 2. The molecular weight excluding hydrogens is 354 g/mol. The molecule has 2 rings (SSSR count). The van der Waals surface area contributed by atoms with Crippen LogP contribution in [-0.4, -0.2) is 24.7 Å². The molecule has 0 radical (unpaired) electrons. The maximum absolute atomic E-state index is 12.6. The fraction of sp³-hybridized carbons (Fsp3) is 0.364. The van der Waals surface area contributed by atoms with Gasteiger partial charge in [0.2, 0.25) is 0 Å². The fourth-order valence-electron chi connectivity index (χ4n) is 3.02. The number of aryl methyl sites for hydroxylation is 1. The van der Waals surface area contributed by atoms with Crippen molar-refractivity contribution in [1.29, 1.82) is 5.26 Å². The molecule has 0 bridgehead atoms. The molecule has 0 atom stereocenters. The molecule has 1 N–H and O–H groups in total. The van der Waals surface area contributed by atoms with Gasteiger partial charge in [0.25, 0.3) is 5.91 Å². The lowest BCUT2D eigenvalue weighted by atomic mass is 10.1. The number of carbonyl (C=O) groups excluding carboxylic acids is 1. The summed E-state index contributed by atoms with van der Waals surface area (Å²) in [6, 6.07) is 9.06. The van der Waals surface area contributed by atoms with Crippen LogP contribution < -0.4 is 14.8 Å². The second-order valence-electron chi connectivity index (χ2n) is 6.56. The monoisotopic (exact) mass is 381 g/mol. The first-order valence-electron chi connectivity index (χ1n) is 9.26. The van der Waals surface area contributed by atoms with E-state index in [2.05, 4.69) is 16.8 Å². The molecule has 0 fully saturated rings. The first-order valence-corrected chi connectivity index (χ1v) is 9.26. The Hall–Kier alpha value is -3.20. The largest absolute Gasteiger partial charge is 0.497 e. The van der Waals surface area contributed by atoms with Crippen molar-refractivity contribution in [2.24, 2.45) is 0 Å². The predicted octanol–water partition coefficient (Wildman–Crippen LogP) is 4.47. The van der Waals surface area contributed by atoms with E-state index in [4.69, 9.17) is 9.47 Å². The molecule has 0 unspecified atom stereocenters. The number of benzene rings is 1. The molecule has 0 aliphatic rings. The van der Waals surface area contributed by atoms with E-state index in [0.29, 0.717) is 17.2 Å². The van der Waals surface area contributed by atoms with E-state index in [1.54, 1.807) is 24.3 Å². The van der Waals surface area contributed by atoms with Crippen LogP contribution in [0.25, 0.3) is 6.08 Å². The third-order valence-corrected chi connectivity index (χ3v) is 4.62. The van der Waals surface area contributed by atoms with Gasteiger partial charge in [0, 0.05) is 41.8 Å². The molecular formula is C22H27N3O3. The average Bonchev–Trinajstić information content (AvgIpc) is 2.96. The fourth-order valence-corrected chi connectivity index (χ4v) is 3.02. The van der Waals surface area contributed by atoms with Crippen molar-refractivity contribution < 1.29 is 14.3 Å². The highest BCUT2D eigenvalue weighted by Gasteiger charge is 2.14. The second kappa shape index (κ2) is 9.65. The Bertz CT molecular complexity index is 898. The lowest BCUT2D eigenvalue weighted by molar-refractivity contribution is -0.112. The van der Waals surface area contributed by atoms with Gasteiger partial charge in [-0.1, -0.05) is 13.3 Å². The standard InChI is InChI=1S/C22H27N3O3/c1-6-7-8-25-15(2)9-17(16(25)3)10-18(14-23)22(26)24-19-11-20(27-4)13-21(12-19)28-5/h9-13H,6-8H2,1-5H3,(H,24,26)/b18-10+. The number of hydrogen-bond donors (Lipinski definition) is 1. The Morgan fingerprint density at radius 2 is 1.82 bits per heavy atom. The van der Waals surface area contributed by atoms with Crippen molar-refractivity contribution >= 4 is 17.7 Å². The number of unbranched alkanes of at least 4 members (excludes halogenated alkanes) is 1. The number of amides is 1. The Labute approximate surface area is 166 Å². The van der Waals surface area contributed by atoms with Crippen LogP contribution in [0.2, 0.25) is 0 Å². The zero-order valence-electron chi connectivity index (χ0n) is 17.1. The maximum atomic E-state index is 12.6. The topological polar surface area (TPSA) is 76.3 Å². The van der Waals surface area contributed by atoms with Gasteiger partial charge in [-0.25, -0.2) is 0 Å². The van der Waals surface area contributed by atoms with Crippen LogP contribution in [0.1, 0.15) is 36.7 Å². The van der Waals surface area contributed by atoms with Gasteiger partial charge in [-0.05, 0) is 38.0 Å². The summed E-state index contributed by atoms with van der Waals surface area (Å²) in [6.07, 6.45) is 3.83. The lowest BCUT2D eigenvalue weighted by Crippen LogP contribution is -2.13. The third-order valence-electron chi connectivity index (χ3n) is 4.62. The first-order chi connectivity index (χ1) is 13.4. The summed E-state index contributed by atoms with van der Waals surface area (Å²) >= 11 is 0. The highest BCUT2D eigenvalue weighted by atomic mass is 16.5. The van der Waals surface area contributed by atoms with Crippen molar-refractivity contribution in [3.8, 4) is 17.6 Å². The number of anilines is 1. The Kier molecular flexibility index (Phi) is 7.28. The van der Waals surface area contributed by atoms with Crippen molar-refractivity contribution in [1.82, 2.24) is 4.57 Å². The SMILES string of the molecule is CCCCn1c(C)cc(/C=C(\C#N)C(=O)Nc2cc(OC)cc(OC)c2)c1C. The van der Waals surface area contributed by atoms with Gasteiger partial charge in [0.1, 0.15) is 23.1 Å². The number of aromatic nitrogens is 1. The predicted molar refractivity (Wildman–Crippen MR) is 111 cm³/mol. The number of nitrogens with zero attached hydrogens (tertiary/aromatic N) is 2. The number of methoxy groups -OCH3 is 2. The lowest BCUT2D eigenvalue weighted by Gasteiger charge is -2.10. The molecule has 28 heavy (non-hydrogen) atoms. The molecule has 1 aromatic heterocycles. The normalized spacial score (nSPS) is 11.1. The van der Waals surface area contributed by atoms with Crippen LogP contribution in [0.3, 0.4) is 0 Å². The smallest absolute Gasteiger partial charge is 0.266 e. The van der Waals surface area contributed by atoms with Crippen LogP contribution in [0.4, 0.5) is 5.69 Å². The minimum Gasteiger partial charge on any atom is -0.497 e. The minimum atomic E-state index is -0.476. The van der Waals surface area contributed by atoms with Gasteiger partial charge < -0.3 is 19.4 Å². The van der Waals surface area contributed by atoms with Crippen LogP contribution in [0.5, 0.6) is 11.5 Å². The summed E-state index contributed by atoms with van der Waals surface area (Å²) in [7, 11) is 3.07. The van der Waals surface area contributed by atoms with Gasteiger partial charge in [-0.2, -0.15) is 5.26 Å². The first kappa shape index (κ1) is 21.1. The van der Waals surface area contributed by atoms with Crippen LogP contribution in [0, 0.1) is 25.2 Å². The van der Waals surface area contributed by atoms with E-state index in [9.17, 15) is 10.1 Å². The van der Waals surface area contributed by atoms with Crippen LogP contribution in [-0.2, 0) is 11.3 Å². The molecule has 0 saturated heterocycles. The highest BCUT2D eigenvalue weighted by molar-refractivity contribution is 6.09. The van der Waals surface area contributed by atoms with E-state index in [1.807, 2.05) is 26.0 Å². The van der Waals surface area contributed by atoms with Crippen molar-refractivity contribution in [3.05, 3.63) is 46.8 Å². The van der Waals surface area contributed by atoms with Gasteiger partial charge >= 0.3 is 0 Å². The summed E-state index contributed by atoms with van der Waals surface area (Å²) in [5.41, 5.74) is 3.58. The number of rotatable bonds is 8. The Balaban J connectivity index is 2.28. The number of nitrogens with one attached hydrogen (secondary N) is 1. The molecule has 0 spiro atoms.